The highest BCUT2D eigenvalue weighted by Gasteiger charge is 2.08. The molecule has 0 amide bonds. The molecule has 80 valence electrons. The lowest BCUT2D eigenvalue weighted by Gasteiger charge is -2.01. The van der Waals surface area contributed by atoms with E-state index in [1.807, 2.05) is 0 Å². The Labute approximate surface area is 82.8 Å². The van der Waals surface area contributed by atoms with Crippen LogP contribution in [-0.2, 0) is 6.54 Å². The number of alkyl halides is 1. The van der Waals surface area contributed by atoms with Gasteiger partial charge in [0.25, 0.3) is 5.56 Å². The fourth-order valence-corrected chi connectivity index (χ4v) is 1.37. The van der Waals surface area contributed by atoms with Gasteiger partial charge in [0.1, 0.15) is 5.52 Å². The van der Waals surface area contributed by atoms with E-state index in [1.54, 1.807) is 0 Å². The fraction of sp³-hybridized carbons (Fsp3) is 0.375. The number of nitrogens with zero attached hydrogens (tertiary/aromatic N) is 2. The minimum atomic E-state index is -0.563. The Bertz CT molecular complexity index is 582. The van der Waals surface area contributed by atoms with Crippen LogP contribution in [0.3, 0.4) is 0 Å². The molecular weight excluding hydrogens is 203 g/mol. The van der Waals surface area contributed by atoms with Crippen LogP contribution in [-0.4, -0.2) is 26.2 Å². The molecule has 0 saturated heterocycles. The van der Waals surface area contributed by atoms with Crippen molar-refractivity contribution in [1.29, 1.82) is 0 Å². The van der Waals surface area contributed by atoms with Gasteiger partial charge in [-0.15, -0.1) is 0 Å². The largest absolute Gasteiger partial charge is 0.339 e. The van der Waals surface area contributed by atoms with Gasteiger partial charge in [-0.25, -0.2) is 9.78 Å². The van der Waals surface area contributed by atoms with Crippen LogP contribution in [0.15, 0.2) is 15.9 Å². The van der Waals surface area contributed by atoms with Gasteiger partial charge < -0.3 is 4.98 Å². The van der Waals surface area contributed by atoms with E-state index in [0.717, 1.165) is 4.57 Å². The lowest BCUT2D eigenvalue weighted by atomic mass is 10.4. The van der Waals surface area contributed by atoms with E-state index in [-0.39, 0.29) is 24.1 Å². The van der Waals surface area contributed by atoms with E-state index in [2.05, 4.69) is 15.0 Å². The average molecular weight is 212 g/mol. The maximum atomic E-state index is 11.9. The number of H-pyrrole nitrogens is 2. The minimum Gasteiger partial charge on any atom is -0.339 e. The molecule has 0 aromatic carbocycles. The van der Waals surface area contributed by atoms with Gasteiger partial charge in [-0.05, 0) is 6.42 Å². The van der Waals surface area contributed by atoms with Crippen LogP contribution in [0.4, 0.5) is 4.39 Å². The summed E-state index contributed by atoms with van der Waals surface area (Å²) >= 11 is 0. The Morgan fingerprint density at radius 3 is 3.00 bits per heavy atom. The summed E-state index contributed by atoms with van der Waals surface area (Å²) in [4.78, 5) is 31.9. The minimum absolute atomic E-state index is 0.0691. The molecule has 2 rings (SSSR count). The van der Waals surface area contributed by atoms with Crippen molar-refractivity contribution in [2.75, 3.05) is 6.67 Å². The molecule has 6 nitrogen and oxygen atoms in total. The van der Waals surface area contributed by atoms with E-state index in [0.29, 0.717) is 0 Å². The molecule has 2 aromatic heterocycles. The van der Waals surface area contributed by atoms with E-state index in [9.17, 15) is 14.0 Å². The number of aromatic nitrogens is 4. The summed E-state index contributed by atoms with van der Waals surface area (Å²) in [6.07, 6.45) is 1.46. The summed E-state index contributed by atoms with van der Waals surface area (Å²) in [5.41, 5.74) is -0.581. The maximum absolute atomic E-state index is 11.9. The van der Waals surface area contributed by atoms with Gasteiger partial charge in [-0.3, -0.25) is 18.7 Å². The second kappa shape index (κ2) is 3.68. The first-order chi connectivity index (χ1) is 7.24. The third-order valence-electron chi connectivity index (χ3n) is 2.08. The third kappa shape index (κ3) is 1.56. The Hall–Kier alpha value is -1.92. The molecule has 0 atom stereocenters. The Morgan fingerprint density at radius 1 is 1.47 bits per heavy atom. The first-order valence-electron chi connectivity index (χ1n) is 4.46. The average Bonchev–Trinajstić information content (AvgIpc) is 2.65. The fourth-order valence-electron chi connectivity index (χ4n) is 1.37. The van der Waals surface area contributed by atoms with Crippen molar-refractivity contribution >= 4 is 11.2 Å². The number of nitrogens with one attached hydrogen (secondary N) is 2. The summed E-state index contributed by atoms with van der Waals surface area (Å²) in [5.74, 6) is 0. The van der Waals surface area contributed by atoms with Crippen LogP contribution < -0.4 is 11.2 Å². The van der Waals surface area contributed by atoms with Crippen LogP contribution in [0.25, 0.3) is 11.2 Å². The molecule has 0 unspecified atom stereocenters. The van der Waals surface area contributed by atoms with Crippen molar-refractivity contribution in [2.24, 2.45) is 0 Å². The number of aromatic amines is 2. The number of halogens is 1. The number of imidazole rings is 1. The number of hydrogen-bond acceptors (Lipinski definition) is 3. The molecule has 15 heavy (non-hydrogen) atoms. The summed E-state index contributed by atoms with van der Waals surface area (Å²) in [6.45, 7) is -0.494. The van der Waals surface area contributed by atoms with Crippen LogP contribution in [0.2, 0.25) is 0 Å². The topological polar surface area (TPSA) is 83.5 Å². The number of hydrogen-bond donors (Lipinski definition) is 2. The second-order valence-corrected chi connectivity index (χ2v) is 3.06. The number of fused-ring (bicyclic) bond motifs is 1. The summed E-state index contributed by atoms with van der Waals surface area (Å²) in [5, 5.41) is 0. The van der Waals surface area contributed by atoms with Crippen LogP contribution in [0, 0.1) is 0 Å². The molecule has 0 spiro atoms. The van der Waals surface area contributed by atoms with E-state index >= 15 is 0 Å². The standard InChI is InChI=1S/C8H9FN4O2/c9-2-1-3-13-7(14)5-6(11-4-10-5)12-8(13)15/h4H,1-3H2,(H,10,11)(H,12,15). The van der Waals surface area contributed by atoms with E-state index < -0.39 is 17.9 Å². The molecule has 2 aromatic rings. The van der Waals surface area contributed by atoms with Crippen molar-refractivity contribution in [2.45, 2.75) is 13.0 Å². The predicted octanol–water partition coefficient (Wildman–Crippen LogP) is -0.228. The Kier molecular flexibility index (Phi) is 2.36. The molecule has 0 saturated carbocycles. The smallest absolute Gasteiger partial charge is 0.330 e. The highest BCUT2D eigenvalue weighted by atomic mass is 19.1. The highest BCUT2D eigenvalue weighted by molar-refractivity contribution is 5.67. The molecule has 2 N–H and O–H groups in total. The quantitative estimate of drug-likeness (QED) is 0.737. The summed E-state index contributed by atoms with van der Waals surface area (Å²) < 4.78 is 12.9. The summed E-state index contributed by atoms with van der Waals surface area (Å²) in [6, 6.07) is 0. The predicted molar refractivity (Wildman–Crippen MR) is 51.6 cm³/mol. The zero-order valence-electron chi connectivity index (χ0n) is 7.79. The van der Waals surface area contributed by atoms with E-state index in [1.165, 1.54) is 6.33 Å². The lowest BCUT2D eigenvalue weighted by Crippen LogP contribution is -2.35. The normalized spacial score (nSPS) is 11.0. The Balaban J connectivity index is 2.62. The van der Waals surface area contributed by atoms with Gasteiger partial charge in [-0.1, -0.05) is 0 Å². The van der Waals surface area contributed by atoms with Crippen molar-refractivity contribution in [3.05, 3.63) is 27.2 Å². The van der Waals surface area contributed by atoms with E-state index in [4.69, 9.17) is 0 Å². The first kappa shape index (κ1) is 9.63. The highest BCUT2D eigenvalue weighted by Crippen LogP contribution is 1.95. The summed E-state index contributed by atoms with van der Waals surface area (Å²) in [7, 11) is 0. The molecule has 7 heteroatoms. The monoisotopic (exact) mass is 212 g/mol. The third-order valence-corrected chi connectivity index (χ3v) is 2.08. The van der Waals surface area contributed by atoms with Crippen molar-refractivity contribution in [3.8, 4) is 0 Å². The zero-order valence-corrected chi connectivity index (χ0v) is 7.79. The second-order valence-electron chi connectivity index (χ2n) is 3.06. The molecule has 2 heterocycles. The van der Waals surface area contributed by atoms with Gasteiger partial charge in [0.15, 0.2) is 5.65 Å². The van der Waals surface area contributed by atoms with Gasteiger partial charge in [-0.2, -0.15) is 0 Å². The molecule has 0 fully saturated rings. The number of rotatable bonds is 3. The van der Waals surface area contributed by atoms with Crippen LogP contribution in [0.5, 0.6) is 0 Å². The maximum Gasteiger partial charge on any atom is 0.330 e. The molecule has 0 radical (unpaired) electrons. The molecule has 0 aliphatic carbocycles. The van der Waals surface area contributed by atoms with Gasteiger partial charge in [0, 0.05) is 6.54 Å². The SMILES string of the molecule is O=c1[nH]c2nc[nH]c2c(=O)n1CCCF. The van der Waals surface area contributed by atoms with Crippen LogP contribution in [0.1, 0.15) is 6.42 Å². The van der Waals surface area contributed by atoms with Crippen molar-refractivity contribution < 1.29 is 4.39 Å². The lowest BCUT2D eigenvalue weighted by molar-refractivity contribution is 0.439. The van der Waals surface area contributed by atoms with Gasteiger partial charge in [0.2, 0.25) is 0 Å². The zero-order chi connectivity index (χ0) is 10.8. The Morgan fingerprint density at radius 2 is 2.27 bits per heavy atom. The molecule has 0 aliphatic heterocycles. The molecule has 0 aliphatic rings. The van der Waals surface area contributed by atoms with Crippen molar-refractivity contribution in [3.63, 3.8) is 0 Å². The van der Waals surface area contributed by atoms with Crippen LogP contribution >= 0.6 is 0 Å². The van der Waals surface area contributed by atoms with Gasteiger partial charge >= 0.3 is 5.69 Å². The van der Waals surface area contributed by atoms with Crippen molar-refractivity contribution in [1.82, 2.24) is 19.5 Å². The molecule has 0 bridgehead atoms. The molecular formula is C8H9FN4O2. The van der Waals surface area contributed by atoms with Gasteiger partial charge in [0.05, 0.1) is 13.0 Å². The first-order valence-corrected chi connectivity index (χ1v) is 4.46.